The van der Waals surface area contributed by atoms with Gasteiger partial charge in [0.15, 0.2) is 0 Å². The van der Waals surface area contributed by atoms with Crippen LogP contribution < -0.4 is 15.2 Å². The highest BCUT2D eigenvalue weighted by Gasteiger charge is 2.10. The summed E-state index contributed by atoms with van der Waals surface area (Å²) in [6, 6.07) is 12.8. The van der Waals surface area contributed by atoms with Gasteiger partial charge in [0.25, 0.3) is 0 Å². The van der Waals surface area contributed by atoms with Crippen LogP contribution >= 0.6 is 12.4 Å². The maximum Gasteiger partial charge on any atom is 0.145 e. The SMILES string of the molecule is COc1ccc(COc2ccc(C(=N)N)cc2-n2cnnn2)cc1.Cl. The van der Waals surface area contributed by atoms with E-state index in [1.54, 1.807) is 25.3 Å². The highest BCUT2D eigenvalue weighted by Crippen LogP contribution is 2.24. The number of hydrogen-bond acceptors (Lipinski definition) is 6. The van der Waals surface area contributed by atoms with Crippen LogP contribution in [-0.4, -0.2) is 33.2 Å². The lowest BCUT2D eigenvalue weighted by atomic mass is 10.1. The molecule has 3 aromatic rings. The largest absolute Gasteiger partial charge is 0.497 e. The Balaban J connectivity index is 0.00000225. The van der Waals surface area contributed by atoms with Gasteiger partial charge in [-0.1, -0.05) is 12.1 Å². The van der Waals surface area contributed by atoms with Crippen molar-refractivity contribution in [1.29, 1.82) is 5.41 Å². The molecule has 8 nitrogen and oxygen atoms in total. The molecule has 0 saturated heterocycles. The predicted octanol–water partition coefficient (Wildman–Crippen LogP) is 1.96. The zero-order valence-electron chi connectivity index (χ0n) is 13.4. The lowest BCUT2D eigenvalue weighted by Gasteiger charge is -2.12. The van der Waals surface area contributed by atoms with Crippen LogP contribution in [0.1, 0.15) is 11.1 Å². The van der Waals surface area contributed by atoms with Gasteiger partial charge >= 0.3 is 0 Å². The number of halogens is 1. The Kier molecular flexibility index (Phi) is 5.91. The molecular formula is C16H17ClN6O2. The van der Waals surface area contributed by atoms with Gasteiger partial charge in [0.05, 0.1) is 7.11 Å². The van der Waals surface area contributed by atoms with Gasteiger partial charge in [0.2, 0.25) is 0 Å². The summed E-state index contributed by atoms with van der Waals surface area (Å²) in [6.07, 6.45) is 1.46. The van der Waals surface area contributed by atoms with E-state index in [4.69, 9.17) is 20.6 Å². The van der Waals surface area contributed by atoms with E-state index in [2.05, 4.69) is 15.5 Å². The molecular weight excluding hydrogens is 344 g/mol. The summed E-state index contributed by atoms with van der Waals surface area (Å²) in [7, 11) is 1.63. The average molecular weight is 361 g/mol. The van der Waals surface area contributed by atoms with E-state index in [0.29, 0.717) is 23.6 Å². The van der Waals surface area contributed by atoms with E-state index in [9.17, 15) is 0 Å². The van der Waals surface area contributed by atoms with Crippen molar-refractivity contribution < 1.29 is 9.47 Å². The molecule has 130 valence electrons. The zero-order valence-corrected chi connectivity index (χ0v) is 14.2. The van der Waals surface area contributed by atoms with Gasteiger partial charge in [0.1, 0.15) is 36.0 Å². The molecule has 3 rings (SSSR count). The third-order valence-corrected chi connectivity index (χ3v) is 3.42. The first-order chi connectivity index (χ1) is 11.7. The molecule has 3 N–H and O–H groups in total. The van der Waals surface area contributed by atoms with E-state index in [-0.39, 0.29) is 18.2 Å². The Morgan fingerprint density at radius 3 is 2.56 bits per heavy atom. The van der Waals surface area contributed by atoms with Crippen LogP contribution in [0.2, 0.25) is 0 Å². The Hall–Kier alpha value is -3.13. The summed E-state index contributed by atoms with van der Waals surface area (Å²) in [5.74, 6) is 1.34. The van der Waals surface area contributed by atoms with Crippen molar-refractivity contribution in [2.75, 3.05) is 7.11 Å². The summed E-state index contributed by atoms with van der Waals surface area (Å²) < 4.78 is 12.5. The fourth-order valence-corrected chi connectivity index (χ4v) is 2.14. The molecule has 0 radical (unpaired) electrons. The van der Waals surface area contributed by atoms with Crippen LogP contribution in [0.25, 0.3) is 5.69 Å². The first-order valence-electron chi connectivity index (χ1n) is 7.15. The number of amidine groups is 1. The normalized spacial score (nSPS) is 9.96. The van der Waals surface area contributed by atoms with Crippen LogP contribution in [0.5, 0.6) is 11.5 Å². The average Bonchev–Trinajstić information content (AvgIpc) is 3.14. The summed E-state index contributed by atoms with van der Waals surface area (Å²) in [5, 5.41) is 18.7. The molecule has 25 heavy (non-hydrogen) atoms. The quantitative estimate of drug-likeness (QED) is 0.513. The topological polar surface area (TPSA) is 112 Å². The first-order valence-corrected chi connectivity index (χ1v) is 7.15. The number of rotatable bonds is 6. The number of aromatic nitrogens is 4. The summed E-state index contributed by atoms with van der Waals surface area (Å²) in [5.41, 5.74) is 7.72. The lowest BCUT2D eigenvalue weighted by molar-refractivity contribution is 0.304. The number of methoxy groups -OCH3 is 1. The minimum atomic E-state index is -0.0361. The molecule has 0 spiro atoms. The minimum absolute atomic E-state index is 0. The molecule has 0 aliphatic heterocycles. The van der Waals surface area contributed by atoms with Crippen molar-refractivity contribution >= 4 is 18.2 Å². The molecule has 1 heterocycles. The number of tetrazole rings is 1. The van der Waals surface area contributed by atoms with Crippen molar-refractivity contribution in [1.82, 2.24) is 20.2 Å². The second-order valence-electron chi connectivity index (χ2n) is 4.99. The molecule has 0 saturated carbocycles. The Morgan fingerprint density at radius 2 is 1.96 bits per heavy atom. The standard InChI is InChI=1S/C16H16N6O2.ClH/c1-23-13-5-2-11(3-6-13)9-24-15-7-4-12(16(17)18)8-14(15)22-10-19-20-21-22;/h2-8,10H,9H2,1H3,(H3,17,18);1H. The first kappa shape index (κ1) is 18.2. The van der Waals surface area contributed by atoms with Crippen LogP contribution in [0, 0.1) is 5.41 Å². The molecule has 9 heteroatoms. The fraction of sp³-hybridized carbons (Fsp3) is 0.125. The fourth-order valence-electron chi connectivity index (χ4n) is 2.14. The summed E-state index contributed by atoms with van der Waals surface area (Å²) >= 11 is 0. The third-order valence-electron chi connectivity index (χ3n) is 3.42. The van der Waals surface area contributed by atoms with E-state index in [1.807, 2.05) is 24.3 Å². The van der Waals surface area contributed by atoms with Crippen molar-refractivity contribution in [3.8, 4) is 17.2 Å². The third kappa shape index (κ3) is 4.24. The smallest absolute Gasteiger partial charge is 0.145 e. The number of nitrogens with zero attached hydrogens (tertiary/aromatic N) is 4. The number of nitrogen functional groups attached to an aromatic ring is 1. The Labute approximate surface area is 150 Å². The van der Waals surface area contributed by atoms with Gasteiger partial charge in [-0.2, -0.15) is 4.68 Å². The number of nitrogens with two attached hydrogens (primary N) is 1. The van der Waals surface area contributed by atoms with Gasteiger partial charge in [-0.05, 0) is 46.3 Å². The van der Waals surface area contributed by atoms with Crippen molar-refractivity contribution in [3.05, 3.63) is 59.9 Å². The molecule has 0 aliphatic carbocycles. The molecule has 0 fully saturated rings. The van der Waals surface area contributed by atoms with Gasteiger partial charge in [-0.15, -0.1) is 17.5 Å². The molecule has 1 aromatic heterocycles. The monoisotopic (exact) mass is 360 g/mol. The molecule has 0 bridgehead atoms. The summed E-state index contributed by atoms with van der Waals surface area (Å²) in [4.78, 5) is 0. The Morgan fingerprint density at radius 1 is 1.20 bits per heavy atom. The van der Waals surface area contributed by atoms with Crippen molar-refractivity contribution in [2.24, 2.45) is 5.73 Å². The predicted molar refractivity (Wildman–Crippen MR) is 94.7 cm³/mol. The minimum Gasteiger partial charge on any atom is -0.497 e. The number of benzene rings is 2. The second-order valence-corrected chi connectivity index (χ2v) is 4.99. The highest BCUT2D eigenvalue weighted by molar-refractivity contribution is 5.95. The highest BCUT2D eigenvalue weighted by atomic mass is 35.5. The molecule has 0 aliphatic rings. The van der Waals surface area contributed by atoms with Crippen molar-refractivity contribution in [3.63, 3.8) is 0 Å². The molecule has 0 amide bonds. The summed E-state index contributed by atoms with van der Waals surface area (Å²) in [6.45, 7) is 0.374. The second kappa shape index (κ2) is 8.11. The lowest BCUT2D eigenvalue weighted by Crippen LogP contribution is -2.12. The molecule has 2 aromatic carbocycles. The van der Waals surface area contributed by atoms with Crippen molar-refractivity contribution in [2.45, 2.75) is 6.61 Å². The van der Waals surface area contributed by atoms with Gasteiger partial charge in [0, 0.05) is 5.56 Å². The molecule has 0 unspecified atom stereocenters. The number of ether oxygens (including phenoxy) is 2. The molecule has 0 atom stereocenters. The van der Waals surface area contributed by atoms with Crippen LogP contribution in [0.3, 0.4) is 0 Å². The van der Waals surface area contributed by atoms with E-state index >= 15 is 0 Å². The number of hydrogen-bond donors (Lipinski definition) is 2. The van der Waals surface area contributed by atoms with Crippen LogP contribution in [0.15, 0.2) is 48.8 Å². The number of nitrogens with one attached hydrogen (secondary N) is 1. The van der Waals surface area contributed by atoms with E-state index in [0.717, 1.165) is 11.3 Å². The maximum absolute atomic E-state index is 7.57. The van der Waals surface area contributed by atoms with Gasteiger partial charge < -0.3 is 15.2 Å². The van der Waals surface area contributed by atoms with Gasteiger partial charge in [-0.3, -0.25) is 5.41 Å². The van der Waals surface area contributed by atoms with Crippen LogP contribution in [-0.2, 0) is 6.61 Å². The van der Waals surface area contributed by atoms with Crippen LogP contribution in [0.4, 0.5) is 0 Å². The maximum atomic E-state index is 7.57. The zero-order chi connectivity index (χ0) is 16.9. The van der Waals surface area contributed by atoms with E-state index in [1.165, 1.54) is 11.0 Å². The van der Waals surface area contributed by atoms with E-state index < -0.39 is 0 Å². The van der Waals surface area contributed by atoms with Gasteiger partial charge in [-0.25, -0.2) is 0 Å². The Bertz CT molecular complexity index is 836.